The monoisotopic (exact) mass is 1750 g/mol. The van der Waals surface area contributed by atoms with Crippen LogP contribution >= 0.6 is 0 Å². The summed E-state index contributed by atoms with van der Waals surface area (Å²) < 4.78 is 66.1. The highest BCUT2D eigenvalue weighted by atomic mass is 16.5. The average Bonchev–Trinajstić information content (AvgIpc) is 0.915. The molecule has 0 aliphatic heterocycles. The molecule has 15 nitrogen and oxygen atoms in total. The maximum atomic E-state index is 13.8. The summed E-state index contributed by atoms with van der Waals surface area (Å²) in [7, 11) is 0. The summed E-state index contributed by atoms with van der Waals surface area (Å²) in [6, 6.07) is 62.3. The molecule has 0 N–H and O–H groups in total. The molecule has 5 saturated carbocycles. The molecule has 25 rings (SSSR count). The Bertz CT molecular complexity index is 4720. The Morgan fingerprint density at radius 2 is 0.362 bits per heavy atom. The highest BCUT2D eigenvalue weighted by Gasteiger charge is 2.30. The minimum Gasteiger partial charge on any atom is -0.493 e. The largest absolute Gasteiger partial charge is 0.493 e. The Hall–Kier alpha value is -11.5. The molecule has 0 heterocycles. The quantitative estimate of drug-likeness (QED) is 0.0306. The van der Waals surface area contributed by atoms with Crippen LogP contribution in [0.3, 0.4) is 0 Å². The van der Waals surface area contributed by atoms with E-state index in [-0.39, 0.29) is 33.0 Å². The molecule has 0 aromatic heterocycles. The standard InChI is InChI=1S/C115H130O15/c1-6-121-111(116)86-46-36-81(37-47-86)101-61-96-57-92-67-108(128-73-78-30-20-13-21-31-78)98(63-103(92)83-40-50-88(51-41-83)113(118)123-8-3)59-94-69-110(130-75-80-34-24-15-25-35-80)100(65-105(94)85-44-54-90(55-45-85)115(120)125-10-5)60-95-70-109(129-74-79-32-22-14-23-33-79)99(64-104(95)84-42-52-89(53-43-84)114(119)124-9-4)58-93-68-107(127-72-77-28-18-12-19-29-77)97(56-91(101)66-106(96)126-71-76-26-16-11-17-27-76)62-102(93)82-38-48-87(49-39-82)112(117)122-7-2/h36-55,61-70,76-80H,6-35,56-60,71-75H2,1-5H3. The van der Waals surface area contributed by atoms with Crippen LogP contribution in [0.25, 0.3) is 55.6 Å². The van der Waals surface area contributed by atoms with Crippen LogP contribution in [-0.4, -0.2) is 95.9 Å². The summed E-state index contributed by atoms with van der Waals surface area (Å²) in [6.45, 7) is 13.0. The van der Waals surface area contributed by atoms with Gasteiger partial charge in [-0.2, -0.15) is 0 Å². The summed E-state index contributed by atoms with van der Waals surface area (Å²) >= 11 is 0. The first-order valence-corrected chi connectivity index (χ1v) is 49.0. The molecule has 0 atom stereocenters. The third-order valence-electron chi connectivity index (χ3n) is 27.9. The van der Waals surface area contributed by atoms with Gasteiger partial charge in [0.05, 0.1) is 93.9 Å². The van der Waals surface area contributed by atoms with Crippen molar-refractivity contribution in [1.29, 1.82) is 0 Å². The number of carbonyl (C=O) groups excluding carboxylic acids is 5. The van der Waals surface area contributed by atoms with Crippen LogP contribution in [0.15, 0.2) is 182 Å². The molecule has 10 aromatic carbocycles. The van der Waals surface area contributed by atoms with Crippen LogP contribution < -0.4 is 23.7 Å². The second-order valence-electron chi connectivity index (χ2n) is 37.0. The fourth-order valence-electron chi connectivity index (χ4n) is 20.6. The highest BCUT2D eigenvalue weighted by molar-refractivity contribution is 5.94. The lowest BCUT2D eigenvalue weighted by Gasteiger charge is -2.26. The molecule has 10 bridgehead atoms. The average molecular weight is 1750 g/mol. The number of rotatable bonds is 30. The van der Waals surface area contributed by atoms with Crippen LogP contribution in [0.4, 0.5) is 0 Å². The zero-order valence-corrected chi connectivity index (χ0v) is 77.1. The molecule has 15 aliphatic rings. The van der Waals surface area contributed by atoms with Crippen molar-refractivity contribution in [2.45, 2.75) is 227 Å². The Kier molecular flexibility index (Phi) is 31.7. The normalized spacial score (nSPS) is 16.0. The number of ether oxygens (including phenoxy) is 10. The third kappa shape index (κ3) is 23.3. The van der Waals surface area contributed by atoms with E-state index in [9.17, 15) is 24.0 Å². The summed E-state index contributed by atoms with van der Waals surface area (Å²) in [5, 5.41) is 0. The van der Waals surface area contributed by atoms with E-state index in [0.717, 1.165) is 268 Å². The zero-order chi connectivity index (χ0) is 89.7. The molecule has 0 spiro atoms. The maximum absolute atomic E-state index is 13.8. The summed E-state index contributed by atoms with van der Waals surface area (Å²) in [6.07, 6.45) is 30.1. The van der Waals surface area contributed by atoms with Crippen molar-refractivity contribution >= 4 is 29.8 Å². The van der Waals surface area contributed by atoms with Gasteiger partial charge in [0.25, 0.3) is 0 Å². The van der Waals surface area contributed by atoms with Gasteiger partial charge in [0, 0.05) is 32.1 Å². The molecule has 0 unspecified atom stereocenters. The van der Waals surface area contributed by atoms with Crippen LogP contribution in [0, 0.1) is 29.6 Å². The van der Waals surface area contributed by atoms with Crippen molar-refractivity contribution in [3.8, 4) is 84.4 Å². The number of benzene rings is 10. The molecule has 680 valence electrons. The second-order valence-corrected chi connectivity index (χ2v) is 37.0. The van der Waals surface area contributed by atoms with Crippen molar-refractivity contribution in [3.63, 3.8) is 0 Å². The topological polar surface area (TPSA) is 178 Å². The summed E-state index contributed by atoms with van der Waals surface area (Å²) in [5.41, 5.74) is 21.2. The molecule has 15 aliphatic carbocycles. The summed E-state index contributed by atoms with van der Waals surface area (Å²) in [5.74, 6) is 3.56. The fraction of sp³-hybridized carbons (Fsp3) is 0.435. The molecule has 0 radical (unpaired) electrons. The molecule has 0 amide bonds. The van der Waals surface area contributed by atoms with Crippen molar-refractivity contribution in [2.75, 3.05) is 66.1 Å². The second kappa shape index (κ2) is 44.9. The number of carbonyl (C=O) groups is 5. The Morgan fingerprint density at radius 1 is 0.208 bits per heavy atom. The minimum absolute atomic E-state index is 0.235. The van der Waals surface area contributed by atoms with Gasteiger partial charge in [-0.25, -0.2) is 24.0 Å². The van der Waals surface area contributed by atoms with Crippen LogP contribution in [0.5, 0.6) is 28.7 Å². The van der Waals surface area contributed by atoms with Gasteiger partial charge in [-0.3, -0.25) is 0 Å². The number of hydrogen-bond donors (Lipinski definition) is 0. The molecule has 0 saturated heterocycles. The molecule has 5 fully saturated rings. The molecule has 130 heavy (non-hydrogen) atoms. The predicted molar refractivity (Wildman–Crippen MR) is 514 cm³/mol. The van der Waals surface area contributed by atoms with Crippen LogP contribution in [-0.2, 0) is 55.8 Å². The predicted octanol–water partition coefficient (Wildman–Crippen LogP) is 27.0. The van der Waals surface area contributed by atoms with Crippen molar-refractivity contribution < 1.29 is 71.3 Å². The minimum atomic E-state index is -0.397. The summed E-state index contributed by atoms with van der Waals surface area (Å²) in [4.78, 5) is 68.8. The van der Waals surface area contributed by atoms with E-state index in [1.807, 2.05) is 156 Å². The lowest BCUT2D eigenvalue weighted by molar-refractivity contribution is 0.0517. The maximum Gasteiger partial charge on any atom is 0.338 e. The van der Waals surface area contributed by atoms with Gasteiger partial charge >= 0.3 is 29.8 Å². The van der Waals surface area contributed by atoms with E-state index in [1.54, 1.807) is 0 Å². The van der Waals surface area contributed by atoms with E-state index in [4.69, 9.17) is 47.4 Å². The zero-order valence-electron chi connectivity index (χ0n) is 77.1. The number of esters is 5. The van der Waals surface area contributed by atoms with Gasteiger partial charge in [0.2, 0.25) is 0 Å². The van der Waals surface area contributed by atoms with Crippen molar-refractivity contribution in [3.05, 3.63) is 265 Å². The lowest BCUT2D eigenvalue weighted by Crippen LogP contribution is -2.17. The number of hydrogen-bond acceptors (Lipinski definition) is 15. The van der Waals surface area contributed by atoms with E-state index in [0.29, 0.717) is 123 Å². The van der Waals surface area contributed by atoms with Crippen LogP contribution in [0.2, 0.25) is 0 Å². The van der Waals surface area contributed by atoms with Crippen molar-refractivity contribution in [1.82, 2.24) is 0 Å². The molecule has 10 aromatic rings. The van der Waals surface area contributed by atoms with Gasteiger partial charge in [0.15, 0.2) is 0 Å². The van der Waals surface area contributed by atoms with E-state index < -0.39 is 29.8 Å². The smallest absolute Gasteiger partial charge is 0.338 e. The molecular weight excluding hydrogens is 1620 g/mol. The highest BCUT2D eigenvalue weighted by Crippen LogP contribution is 2.47. The first kappa shape index (κ1) is 91.8. The SMILES string of the molecule is CCOC(=O)c1ccc(-c2cc3c(OCC4CCCCC4)cc2Cc2cc(-c4ccc(C(=O)OCC)cc4)c(cc2OCC2CCCCC2)Cc2cc(-c4ccc(C(=O)OCC)cc4)c(cc2OCC2CCCCC2)Cc2cc(-c4ccc(C(=O)OCC)cc4)c(cc2OCC2CCCCC2)Cc2cc(-c4ccc(C(=O)OCC)cc4)c(cc2OCC2CCCCC2)C3)cc1. The third-order valence-corrected chi connectivity index (χ3v) is 27.9. The van der Waals surface area contributed by atoms with Gasteiger partial charge in [-0.05, 0) is 361 Å². The van der Waals surface area contributed by atoms with E-state index >= 15 is 0 Å². The Balaban J connectivity index is 1.01. The van der Waals surface area contributed by atoms with Gasteiger partial charge in [-0.1, -0.05) is 157 Å². The Morgan fingerprint density at radius 3 is 0.508 bits per heavy atom. The van der Waals surface area contributed by atoms with Gasteiger partial charge < -0.3 is 47.4 Å². The van der Waals surface area contributed by atoms with Crippen LogP contribution in [0.1, 0.15) is 303 Å². The van der Waals surface area contributed by atoms with Gasteiger partial charge in [0.1, 0.15) is 28.7 Å². The fourth-order valence-corrected chi connectivity index (χ4v) is 20.6. The molecular formula is C115H130O15. The van der Waals surface area contributed by atoms with Gasteiger partial charge in [-0.15, -0.1) is 0 Å². The van der Waals surface area contributed by atoms with E-state index in [2.05, 4.69) is 60.7 Å². The molecule has 15 heteroatoms. The first-order chi connectivity index (χ1) is 63.7. The first-order valence-electron chi connectivity index (χ1n) is 49.0. The lowest BCUT2D eigenvalue weighted by atomic mass is 9.85. The van der Waals surface area contributed by atoms with E-state index in [1.165, 1.54) is 32.1 Å². The Labute approximate surface area is 769 Å². The van der Waals surface area contributed by atoms with Crippen molar-refractivity contribution in [2.24, 2.45) is 29.6 Å².